The SMILES string of the molecule is C=CC(=O)N1CCN(c2ncnc3c(F)c(-c4cc(O)cc5ccccc45)c(Cl)cc23)C(C(C)C)C1. The molecule has 1 atom stereocenters. The highest BCUT2D eigenvalue weighted by atomic mass is 35.5. The molecule has 5 rings (SSSR count). The summed E-state index contributed by atoms with van der Waals surface area (Å²) in [7, 11) is 0. The van der Waals surface area contributed by atoms with Crippen molar-refractivity contribution in [2.24, 2.45) is 5.92 Å². The van der Waals surface area contributed by atoms with Crippen molar-refractivity contribution in [2.45, 2.75) is 19.9 Å². The van der Waals surface area contributed by atoms with E-state index in [0.717, 1.165) is 10.8 Å². The number of hydrogen-bond acceptors (Lipinski definition) is 5. The molecule has 1 amide bonds. The molecule has 1 aliphatic heterocycles. The minimum Gasteiger partial charge on any atom is -0.508 e. The van der Waals surface area contributed by atoms with Crippen LogP contribution in [0.3, 0.4) is 0 Å². The van der Waals surface area contributed by atoms with Crippen LogP contribution < -0.4 is 4.90 Å². The van der Waals surface area contributed by atoms with E-state index < -0.39 is 5.82 Å². The van der Waals surface area contributed by atoms with Crippen LogP contribution in [-0.4, -0.2) is 51.6 Å². The number of hydrogen-bond donors (Lipinski definition) is 1. The van der Waals surface area contributed by atoms with Crippen molar-refractivity contribution in [2.75, 3.05) is 24.5 Å². The Balaban J connectivity index is 1.66. The van der Waals surface area contributed by atoms with E-state index in [0.29, 0.717) is 36.4 Å². The zero-order valence-corrected chi connectivity index (χ0v) is 20.8. The van der Waals surface area contributed by atoms with Crippen LogP contribution in [0.25, 0.3) is 32.8 Å². The third-order valence-corrected chi connectivity index (χ3v) is 7.16. The zero-order valence-electron chi connectivity index (χ0n) is 20.1. The van der Waals surface area contributed by atoms with Crippen molar-refractivity contribution in [3.05, 3.63) is 72.3 Å². The Kier molecular flexibility index (Phi) is 6.26. The number of benzene rings is 3. The minimum atomic E-state index is -0.571. The lowest BCUT2D eigenvalue weighted by Gasteiger charge is -2.44. The molecule has 0 radical (unpaired) electrons. The average molecular weight is 505 g/mol. The van der Waals surface area contributed by atoms with E-state index in [1.807, 2.05) is 24.3 Å². The molecule has 1 unspecified atom stereocenters. The van der Waals surface area contributed by atoms with Gasteiger partial charge in [-0.3, -0.25) is 4.79 Å². The largest absolute Gasteiger partial charge is 0.508 e. The molecule has 2 heterocycles. The summed E-state index contributed by atoms with van der Waals surface area (Å²) in [6, 6.07) is 12.3. The molecule has 0 bridgehead atoms. The molecule has 3 aromatic carbocycles. The lowest BCUT2D eigenvalue weighted by Crippen LogP contribution is -2.56. The van der Waals surface area contributed by atoms with Crippen LogP contribution in [0.1, 0.15) is 13.8 Å². The smallest absolute Gasteiger partial charge is 0.246 e. The molecule has 0 aliphatic carbocycles. The number of amides is 1. The minimum absolute atomic E-state index is 0.0226. The maximum atomic E-state index is 16.2. The van der Waals surface area contributed by atoms with Crippen LogP contribution in [0.2, 0.25) is 5.02 Å². The number of phenols is 1. The van der Waals surface area contributed by atoms with Crippen molar-refractivity contribution >= 4 is 45.0 Å². The number of aromatic hydroxyl groups is 1. The Morgan fingerprint density at radius 2 is 1.97 bits per heavy atom. The van der Waals surface area contributed by atoms with Crippen LogP contribution >= 0.6 is 11.6 Å². The third kappa shape index (κ3) is 4.03. The third-order valence-electron chi connectivity index (χ3n) is 6.86. The van der Waals surface area contributed by atoms with Gasteiger partial charge in [0.15, 0.2) is 5.82 Å². The average Bonchev–Trinajstić information content (AvgIpc) is 2.87. The van der Waals surface area contributed by atoms with Crippen molar-refractivity contribution in [3.63, 3.8) is 0 Å². The van der Waals surface area contributed by atoms with Crippen LogP contribution in [0.15, 0.2) is 61.4 Å². The van der Waals surface area contributed by atoms with E-state index in [1.54, 1.807) is 17.0 Å². The highest BCUT2D eigenvalue weighted by Crippen LogP contribution is 2.42. The zero-order chi connectivity index (χ0) is 25.6. The second-order valence-corrected chi connectivity index (χ2v) is 9.76. The van der Waals surface area contributed by atoms with Crippen LogP contribution in [0, 0.1) is 11.7 Å². The van der Waals surface area contributed by atoms with Crippen molar-refractivity contribution in [3.8, 4) is 16.9 Å². The number of rotatable bonds is 4. The van der Waals surface area contributed by atoms with Gasteiger partial charge in [0.25, 0.3) is 0 Å². The number of fused-ring (bicyclic) bond motifs is 2. The summed E-state index contributed by atoms with van der Waals surface area (Å²) in [6.07, 6.45) is 2.69. The normalized spacial score (nSPS) is 16.2. The Bertz CT molecular complexity index is 1510. The molecule has 6 nitrogen and oxygen atoms in total. The van der Waals surface area contributed by atoms with E-state index in [4.69, 9.17) is 11.6 Å². The quantitative estimate of drug-likeness (QED) is 0.355. The monoisotopic (exact) mass is 504 g/mol. The first-order chi connectivity index (χ1) is 17.3. The molecule has 1 aliphatic rings. The molecule has 4 aromatic rings. The molecule has 1 aromatic heterocycles. The highest BCUT2D eigenvalue weighted by Gasteiger charge is 2.33. The molecular formula is C28H26ClFN4O2. The standard InChI is InChI=1S/C28H26ClFN4O2/c1-4-24(36)33-9-10-34(23(14-33)16(2)3)28-21-13-22(29)25(26(30)27(21)31-15-32-28)20-12-18(35)11-17-7-5-6-8-19(17)20/h4-8,11-13,15-16,23,35H,1,9-10,14H2,2-3H3. The van der Waals surface area contributed by atoms with E-state index in [1.165, 1.54) is 18.5 Å². The maximum absolute atomic E-state index is 16.2. The molecule has 0 saturated carbocycles. The maximum Gasteiger partial charge on any atom is 0.246 e. The predicted molar refractivity (Wildman–Crippen MR) is 142 cm³/mol. The van der Waals surface area contributed by atoms with Gasteiger partial charge in [0, 0.05) is 30.6 Å². The van der Waals surface area contributed by atoms with E-state index in [9.17, 15) is 9.90 Å². The van der Waals surface area contributed by atoms with E-state index in [2.05, 4.69) is 35.3 Å². The summed E-state index contributed by atoms with van der Waals surface area (Å²) < 4.78 is 16.2. The number of carbonyl (C=O) groups excluding carboxylic acids is 1. The number of nitrogens with zero attached hydrogens (tertiary/aromatic N) is 4. The van der Waals surface area contributed by atoms with Gasteiger partial charge in [0.05, 0.1) is 11.1 Å². The van der Waals surface area contributed by atoms with Crippen LogP contribution in [-0.2, 0) is 4.79 Å². The molecule has 36 heavy (non-hydrogen) atoms. The molecular weight excluding hydrogens is 479 g/mol. The number of halogens is 2. The Hall–Kier alpha value is -3.71. The number of piperazine rings is 1. The van der Waals surface area contributed by atoms with Gasteiger partial charge in [0.2, 0.25) is 5.91 Å². The summed E-state index contributed by atoms with van der Waals surface area (Å²) in [6.45, 7) is 9.32. The summed E-state index contributed by atoms with van der Waals surface area (Å²) in [5, 5.41) is 12.6. The second-order valence-electron chi connectivity index (χ2n) is 9.35. The van der Waals surface area contributed by atoms with E-state index >= 15 is 4.39 Å². The molecule has 8 heteroatoms. The van der Waals surface area contributed by atoms with Gasteiger partial charge < -0.3 is 14.9 Å². The van der Waals surface area contributed by atoms with Crippen LogP contribution in [0.5, 0.6) is 5.75 Å². The first-order valence-electron chi connectivity index (χ1n) is 11.8. The van der Waals surface area contributed by atoms with Gasteiger partial charge in [-0.15, -0.1) is 0 Å². The molecule has 1 N–H and O–H groups in total. The predicted octanol–water partition coefficient (Wildman–Crippen LogP) is 5.81. The van der Waals surface area contributed by atoms with Gasteiger partial charge in [0.1, 0.15) is 23.4 Å². The summed E-state index contributed by atoms with van der Waals surface area (Å²) in [5.41, 5.74) is 0.827. The van der Waals surface area contributed by atoms with Gasteiger partial charge in [-0.25, -0.2) is 14.4 Å². The fraction of sp³-hybridized carbons (Fsp3) is 0.250. The first-order valence-corrected chi connectivity index (χ1v) is 12.2. The Morgan fingerprint density at radius 3 is 2.72 bits per heavy atom. The molecule has 1 saturated heterocycles. The topological polar surface area (TPSA) is 69.6 Å². The fourth-order valence-electron chi connectivity index (χ4n) is 5.07. The number of anilines is 1. The molecule has 1 fully saturated rings. The highest BCUT2D eigenvalue weighted by molar-refractivity contribution is 6.35. The van der Waals surface area contributed by atoms with Gasteiger partial charge in [-0.2, -0.15) is 0 Å². The summed E-state index contributed by atoms with van der Waals surface area (Å²) >= 11 is 6.73. The van der Waals surface area contributed by atoms with Crippen LogP contribution in [0.4, 0.5) is 10.2 Å². The van der Waals surface area contributed by atoms with Crippen molar-refractivity contribution in [1.82, 2.24) is 14.9 Å². The second kappa shape index (κ2) is 9.39. The molecule has 184 valence electrons. The number of phenolic OH excluding ortho intramolecular Hbond substituents is 1. The number of aromatic nitrogens is 2. The van der Waals surface area contributed by atoms with Gasteiger partial charge in [-0.05, 0) is 46.5 Å². The fourth-order valence-corrected chi connectivity index (χ4v) is 5.36. The lowest BCUT2D eigenvalue weighted by atomic mass is 9.95. The Morgan fingerprint density at radius 1 is 1.19 bits per heavy atom. The van der Waals surface area contributed by atoms with Gasteiger partial charge in [-0.1, -0.05) is 56.3 Å². The Labute approximate surface area is 213 Å². The van der Waals surface area contributed by atoms with Crippen molar-refractivity contribution < 1.29 is 14.3 Å². The van der Waals surface area contributed by atoms with E-state index in [-0.39, 0.29) is 39.7 Å². The number of carbonyl (C=O) groups is 1. The summed E-state index contributed by atoms with van der Waals surface area (Å²) in [4.78, 5) is 24.9. The summed E-state index contributed by atoms with van der Waals surface area (Å²) in [5.74, 6) is 0.129. The lowest BCUT2D eigenvalue weighted by molar-refractivity contribution is -0.127. The molecule has 0 spiro atoms. The van der Waals surface area contributed by atoms with Crippen molar-refractivity contribution in [1.29, 1.82) is 0 Å². The first kappa shape index (κ1) is 24.0. The van der Waals surface area contributed by atoms with Gasteiger partial charge >= 0.3 is 0 Å².